The van der Waals surface area contributed by atoms with Gasteiger partial charge in [0.15, 0.2) is 16.3 Å². The quantitative estimate of drug-likeness (QED) is 0.857. The first-order chi connectivity index (χ1) is 9.06. The molecule has 1 aromatic heterocycles. The fourth-order valence-electron chi connectivity index (χ4n) is 1.97. The molecule has 0 aliphatic rings. The van der Waals surface area contributed by atoms with E-state index < -0.39 is 0 Å². The van der Waals surface area contributed by atoms with Gasteiger partial charge in [0.25, 0.3) is 0 Å². The van der Waals surface area contributed by atoms with E-state index in [0.29, 0.717) is 10.3 Å². The van der Waals surface area contributed by atoms with Crippen molar-refractivity contribution in [2.75, 3.05) is 27.2 Å². The molecule has 0 unspecified atom stereocenters. The first-order valence-corrected chi connectivity index (χ1v) is 6.62. The Morgan fingerprint density at radius 3 is 2.84 bits per heavy atom. The first kappa shape index (κ1) is 14.0. The molecule has 6 heteroatoms. The Hall–Kier alpha value is -1.40. The van der Waals surface area contributed by atoms with Crippen LogP contribution in [0.25, 0.3) is 11.0 Å². The molecule has 0 atom stereocenters. The van der Waals surface area contributed by atoms with E-state index in [4.69, 9.17) is 17.0 Å². The Morgan fingerprint density at radius 1 is 1.47 bits per heavy atom. The average molecular weight is 283 g/mol. The van der Waals surface area contributed by atoms with Crippen molar-refractivity contribution in [2.45, 2.75) is 13.5 Å². The van der Waals surface area contributed by atoms with Crippen LogP contribution in [0, 0.1) is 10.6 Å². The summed E-state index contributed by atoms with van der Waals surface area (Å²) in [6, 6.07) is 3.10. The van der Waals surface area contributed by atoms with Gasteiger partial charge < -0.3 is 19.2 Å². The van der Waals surface area contributed by atoms with Crippen molar-refractivity contribution in [3.05, 3.63) is 22.7 Å². The molecule has 0 amide bonds. The smallest absolute Gasteiger partial charge is 0.178 e. The molecule has 0 aliphatic heterocycles. The third-order valence-electron chi connectivity index (χ3n) is 3.29. The topological polar surface area (TPSA) is 33.2 Å². The number of benzene rings is 1. The van der Waals surface area contributed by atoms with Crippen LogP contribution in [-0.2, 0) is 6.54 Å². The highest BCUT2D eigenvalue weighted by molar-refractivity contribution is 7.71. The van der Waals surface area contributed by atoms with Gasteiger partial charge in [0, 0.05) is 25.2 Å². The Bertz CT molecular complexity index is 635. The van der Waals surface area contributed by atoms with E-state index in [-0.39, 0.29) is 11.6 Å². The third-order valence-corrected chi connectivity index (χ3v) is 3.62. The summed E-state index contributed by atoms with van der Waals surface area (Å²) in [6.45, 7) is 4.73. The van der Waals surface area contributed by atoms with Crippen molar-refractivity contribution in [2.24, 2.45) is 0 Å². The molecule has 0 aliphatic carbocycles. The summed E-state index contributed by atoms with van der Waals surface area (Å²) in [4.78, 5) is 5.22. The largest absolute Gasteiger partial charge is 0.494 e. The van der Waals surface area contributed by atoms with Crippen molar-refractivity contribution in [1.82, 2.24) is 14.5 Å². The summed E-state index contributed by atoms with van der Waals surface area (Å²) >= 11 is 5.29. The minimum absolute atomic E-state index is 0.235. The molecule has 1 heterocycles. The number of aromatic nitrogens is 2. The summed E-state index contributed by atoms with van der Waals surface area (Å²) in [5.74, 6) is -0.150. The Balaban J connectivity index is 2.42. The van der Waals surface area contributed by atoms with Crippen LogP contribution in [-0.4, -0.2) is 41.7 Å². The number of hydrogen-bond donors (Lipinski definition) is 1. The zero-order valence-electron chi connectivity index (χ0n) is 11.4. The fourth-order valence-corrected chi connectivity index (χ4v) is 2.27. The molecule has 19 heavy (non-hydrogen) atoms. The zero-order chi connectivity index (χ0) is 14.0. The van der Waals surface area contributed by atoms with Crippen LogP contribution in [0.3, 0.4) is 0 Å². The van der Waals surface area contributed by atoms with Gasteiger partial charge in [0.2, 0.25) is 0 Å². The van der Waals surface area contributed by atoms with E-state index in [9.17, 15) is 4.39 Å². The van der Waals surface area contributed by atoms with Gasteiger partial charge in [-0.05, 0) is 25.8 Å². The van der Waals surface area contributed by atoms with Crippen LogP contribution in [0.5, 0.6) is 5.75 Å². The monoisotopic (exact) mass is 283 g/mol. The van der Waals surface area contributed by atoms with E-state index in [1.54, 1.807) is 6.07 Å². The maximum Gasteiger partial charge on any atom is 0.178 e. The average Bonchev–Trinajstić information content (AvgIpc) is 2.69. The number of ether oxygens (including phenoxy) is 1. The van der Waals surface area contributed by atoms with Crippen LogP contribution in [0.4, 0.5) is 4.39 Å². The number of nitrogens with zero attached hydrogens (tertiary/aromatic N) is 2. The standard InChI is InChI=1S/C13H18FN3OS/c1-4-16(2)5-6-17-11-8-12(18-3)9(14)7-10(11)15-13(17)19/h7-8H,4-6H2,1-3H3,(H,15,19). The molecule has 2 aromatic rings. The SMILES string of the molecule is CCN(C)CCn1c(=S)[nH]c2cc(F)c(OC)cc21. The molecule has 0 radical (unpaired) electrons. The summed E-state index contributed by atoms with van der Waals surface area (Å²) in [5, 5.41) is 0. The van der Waals surface area contributed by atoms with Crippen LogP contribution in [0.2, 0.25) is 0 Å². The number of hydrogen-bond acceptors (Lipinski definition) is 3. The second kappa shape index (κ2) is 5.71. The van der Waals surface area contributed by atoms with Gasteiger partial charge in [-0.15, -0.1) is 0 Å². The lowest BCUT2D eigenvalue weighted by molar-refractivity contribution is 0.336. The number of rotatable bonds is 5. The summed E-state index contributed by atoms with van der Waals surface area (Å²) in [6.07, 6.45) is 0. The van der Waals surface area contributed by atoms with Crippen LogP contribution in [0.15, 0.2) is 12.1 Å². The second-order valence-corrected chi connectivity index (χ2v) is 4.87. The van der Waals surface area contributed by atoms with E-state index >= 15 is 0 Å². The van der Waals surface area contributed by atoms with Crippen molar-refractivity contribution in [3.8, 4) is 5.75 Å². The lowest BCUT2D eigenvalue weighted by Crippen LogP contribution is -2.22. The van der Waals surface area contributed by atoms with Crippen molar-refractivity contribution < 1.29 is 9.13 Å². The molecule has 0 saturated heterocycles. The first-order valence-electron chi connectivity index (χ1n) is 6.21. The molecule has 0 bridgehead atoms. The molecule has 1 aromatic carbocycles. The number of imidazole rings is 1. The minimum atomic E-state index is -0.385. The highest BCUT2D eigenvalue weighted by atomic mass is 32.1. The molecular weight excluding hydrogens is 265 g/mol. The molecule has 0 spiro atoms. The Kier molecular flexibility index (Phi) is 4.21. The number of fused-ring (bicyclic) bond motifs is 1. The summed E-state index contributed by atoms with van der Waals surface area (Å²) in [5.41, 5.74) is 1.57. The fraction of sp³-hybridized carbons (Fsp3) is 0.462. The number of H-pyrrole nitrogens is 1. The van der Waals surface area contributed by atoms with Crippen LogP contribution in [0.1, 0.15) is 6.92 Å². The Morgan fingerprint density at radius 2 is 2.21 bits per heavy atom. The lowest BCUT2D eigenvalue weighted by Gasteiger charge is -2.14. The molecule has 4 nitrogen and oxygen atoms in total. The van der Waals surface area contributed by atoms with Gasteiger partial charge in [0.05, 0.1) is 18.1 Å². The minimum Gasteiger partial charge on any atom is -0.494 e. The lowest BCUT2D eigenvalue weighted by atomic mass is 10.3. The highest BCUT2D eigenvalue weighted by Gasteiger charge is 2.10. The molecule has 0 fully saturated rings. The van der Waals surface area contributed by atoms with E-state index in [0.717, 1.165) is 25.2 Å². The van der Waals surface area contributed by atoms with Crippen LogP contribution >= 0.6 is 12.2 Å². The molecule has 104 valence electrons. The molecule has 2 rings (SSSR count). The highest BCUT2D eigenvalue weighted by Crippen LogP contribution is 2.24. The van der Waals surface area contributed by atoms with Crippen molar-refractivity contribution in [3.63, 3.8) is 0 Å². The summed E-state index contributed by atoms with van der Waals surface area (Å²) < 4.78 is 21.2. The predicted octanol–water partition coefficient (Wildman–Crippen LogP) is 2.80. The van der Waals surface area contributed by atoms with Gasteiger partial charge >= 0.3 is 0 Å². The number of nitrogens with one attached hydrogen (secondary N) is 1. The van der Waals surface area contributed by atoms with Gasteiger partial charge in [-0.1, -0.05) is 6.92 Å². The summed E-state index contributed by atoms with van der Waals surface area (Å²) in [7, 11) is 3.51. The van der Waals surface area contributed by atoms with Gasteiger partial charge in [-0.2, -0.15) is 0 Å². The van der Waals surface area contributed by atoms with Crippen molar-refractivity contribution >= 4 is 23.3 Å². The number of likely N-dealkylation sites (N-methyl/N-ethyl adjacent to an activating group) is 1. The predicted molar refractivity (Wildman–Crippen MR) is 76.8 cm³/mol. The second-order valence-electron chi connectivity index (χ2n) is 4.48. The number of aromatic amines is 1. The van der Waals surface area contributed by atoms with Crippen molar-refractivity contribution in [1.29, 1.82) is 0 Å². The van der Waals surface area contributed by atoms with Gasteiger partial charge in [-0.25, -0.2) is 4.39 Å². The molecule has 1 N–H and O–H groups in total. The zero-order valence-corrected chi connectivity index (χ0v) is 12.2. The Labute approximate surface area is 116 Å². The maximum absolute atomic E-state index is 13.6. The molecule has 0 saturated carbocycles. The van der Waals surface area contributed by atoms with E-state index in [1.165, 1.54) is 13.2 Å². The normalized spacial score (nSPS) is 11.4. The van der Waals surface area contributed by atoms with E-state index in [2.05, 4.69) is 23.9 Å². The van der Waals surface area contributed by atoms with Gasteiger partial charge in [0.1, 0.15) is 0 Å². The van der Waals surface area contributed by atoms with Gasteiger partial charge in [-0.3, -0.25) is 0 Å². The molecular formula is C13H18FN3OS. The van der Waals surface area contributed by atoms with E-state index in [1.807, 2.05) is 4.57 Å². The number of methoxy groups -OCH3 is 1. The third kappa shape index (κ3) is 2.79. The van der Waals surface area contributed by atoms with Crippen LogP contribution < -0.4 is 4.74 Å². The maximum atomic E-state index is 13.6. The number of halogens is 1.